The highest BCUT2D eigenvalue weighted by Gasteiger charge is 2.11. The second kappa shape index (κ2) is 8.99. The van der Waals surface area contributed by atoms with Crippen LogP contribution in [-0.4, -0.2) is 4.57 Å². The summed E-state index contributed by atoms with van der Waals surface area (Å²) in [6, 6.07) is 12.5. The Kier molecular flexibility index (Phi) is 6.21. The summed E-state index contributed by atoms with van der Waals surface area (Å²) in [6.45, 7) is 3.88. The molecule has 0 N–H and O–H groups in total. The molecule has 27 heavy (non-hydrogen) atoms. The third-order valence-electron chi connectivity index (χ3n) is 4.86. The van der Waals surface area contributed by atoms with Crippen molar-refractivity contribution in [2.75, 3.05) is 0 Å². The minimum Gasteiger partial charge on any atom is -0.340 e. The molecule has 0 aliphatic carbocycles. The van der Waals surface area contributed by atoms with Crippen molar-refractivity contribution in [2.45, 2.75) is 52.2 Å². The summed E-state index contributed by atoms with van der Waals surface area (Å²) in [5.74, 6) is 0. The molecule has 0 radical (unpaired) electrons. The zero-order chi connectivity index (χ0) is 19.1. The molecule has 0 bridgehead atoms. The number of azide groups is 2. The van der Waals surface area contributed by atoms with E-state index in [1.807, 2.05) is 12.1 Å². The minimum atomic E-state index is 0.341. The molecule has 0 aliphatic rings. The van der Waals surface area contributed by atoms with Crippen LogP contribution in [0.15, 0.2) is 46.6 Å². The molecule has 0 spiro atoms. The molecule has 1 heterocycles. The van der Waals surface area contributed by atoms with Crippen molar-refractivity contribution in [1.29, 1.82) is 0 Å². The Balaban J connectivity index is 2.10. The molecule has 0 saturated carbocycles. The lowest BCUT2D eigenvalue weighted by Crippen LogP contribution is -1.98. The van der Waals surface area contributed by atoms with Gasteiger partial charge in [0, 0.05) is 38.2 Å². The first-order chi connectivity index (χ1) is 13.3. The van der Waals surface area contributed by atoms with Crippen molar-refractivity contribution < 1.29 is 0 Å². The van der Waals surface area contributed by atoms with Gasteiger partial charge in [-0.3, -0.25) is 0 Å². The van der Waals surface area contributed by atoms with Gasteiger partial charge in [0.05, 0.1) is 13.1 Å². The number of aryl methyl sites for hydroxylation is 1. The quantitative estimate of drug-likeness (QED) is 0.169. The fourth-order valence-electron chi connectivity index (χ4n) is 3.56. The second-order valence-corrected chi connectivity index (χ2v) is 6.69. The van der Waals surface area contributed by atoms with E-state index < -0.39 is 0 Å². The first kappa shape index (κ1) is 18.6. The number of fused-ring (bicyclic) bond motifs is 3. The average molecular weight is 361 g/mol. The van der Waals surface area contributed by atoms with Crippen LogP contribution in [0.3, 0.4) is 0 Å². The summed E-state index contributed by atoms with van der Waals surface area (Å²) in [4.78, 5) is 5.72. The third kappa shape index (κ3) is 4.17. The van der Waals surface area contributed by atoms with Gasteiger partial charge in [0.1, 0.15) is 0 Å². The number of rotatable bonds is 9. The van der Waals surface area contributed by atoms with E-state index in [9.17, 15) is 0 Å². The van der Waals surface area contributed by atoms with Crippen LogP contribution < -0.4 is 0 Å². The molecule has 2 aromatic carbocycles. The van der Waals surface area contributed by atoms with Crippen molar-refractivity contribution >= 4 is 21.8 Å². The molecule has 138 valence electrons. The van der Waals surface area contributed by atoms with E-state index in [1.54, 1.807) is 0 Å². The molecule has 7 nitrogen and oxygen atoms in total. The molecule has 0 fully saturated rings. The van der Waals surface area contributed by atoms with Crippen LogP contribution in [0.25, 0.3) is 42.7 Å². The van der Waals surface area contributed by atoms with Crippen LogP contribution in [0.1, 0.15) is 43.7 Å². The molecule has 3 aromatic rings. The van der Waals surface area contributed by atoms with E-state index in [1.165, 1.54) is 30.3 Å². The molecule has 0 unspecified atom stereocenters. The zero-order valence-corrected chi connectivity index (χ0v) is 15.5. The maximum atomic E-state index is 8.59. The van der Waals surface area contributed by atoms with Crippen LogP contribution in [0.4, 0.5) is 0 Å². The molecule has 0 aliphatic heterocycles. The predicted molar refractivity (Wildman–Crippen MR) is 109 cm³/mol. The summed E-state index contributed by atoms with van der Waals surface area (Å²) in [5.41, 5.74) is 21.5. The number of nitrogens with zero attached hydrogens (tertiary/aromatic N) is 7. The van der Waals surface area contributed by atoms with Gasteiger partial charge in [-0.15, -0.1) is 0 Å². The molecule has 0 saturated heterocycles. The van der Waals surface area contributed by atoms with E-state index in [0.29, 0.717) is 13.1 Å². The van der Waals surface area contributed by atoms with Crippen molar-refractivity contribution in [2.24, 2.45) is 10.2 Å². The Morgan fingerprint density at radius 3 is 1.85 bits per heavy atom. The van der Waals surface area contributed by atoms with Gasteiger partial charge in [-0.05, 0) is 52.9 Å². The normalized spacial score (nSPS) is 10.7. The van der Waals surface area contributed by atoms with Gasteiger partial charge in [0.25, 0.3) is 0 Å². The summed E-state index contributed by atoms with van der Waals surface area (Å²) in [5, 5.41) is 9.66. The maximum absolute atomic E-state index is 8.59. The van der Waals surface area contributed by atoms with Gasteiger partial charge in [-0.2, -0.15) is 0 Å². The average Bonchev–Trinajstić information content (AvgIpc) is 3.00. The van der Waals surface area contributed by atoms with Gasteiger partial charge in [-0.25, -0.2) is 0 Å². The molecular formula is C20H23N7. The van der Waals surface area contributed by atoms with Gasteiger partial charge < -0.3 is 4.57 Å². The number of hydrogen-bond acceptors (Lipinski definition) is 2. The largest absolute Gasteiger partial charge is 0.340 e. The lowest BCUT2D eigenvalue weighted by Gasteiger charge is -2.08. The molecule has 3 rings (SSSR count). The van der Waals surface area contributed by atoms with Crippen molar-refractivity contribution in [3.63, 3.8) is 0 Å². The van der Waals surface area contributed by atoms with Crippen molar-refractivity contribution in [3.8, 4) is 0 Å². The van der Waals surface area contributed by atoms with E-state index in [4.69, 9.17) is 11.1 Å². The van der Waals surface area contributed by atoms with Gasteiger partial charge in [0.15, 0.2) is 0 Å². The Labute approximate surface area is 157 Å². The minimum absolute atomic E-state index is 0.341. The van der Waals surface area contributed by atoms with Crippen LogP contribution >= 0.6 is 0 Å². The molecule has 0 amide bonds. The van der Waals surface area contributed by atoms with Crippen molar-refractivity contribution in [1.82, 2.24) is 4.57 Å². The van der Waals surface area contributed by atoms with Crippen LogP contribution in [0, 0.1) is 0 Å². The number of aromatic nitrogens is 1. The topological polar surface area (TPSA) is 102 Å². The third-order valence-corrected chi connectivity index (χ3v) is 4.86. The molecule has 0 atom stereocenters. The summed E-state index contributed by atoms with van der Waals surface area (Å²) in [7, 11) is 0. The summed E-state index contributed by atoms with van der Waals surface area (Å²) < 4.78 is 2.37. The number of hydrogen-bond donors (Lipinski definition) is 0. The van der Waals surface area contributed by atoms with E-state index >= 15 is 0 Å². The summed E-state index contributed by atoms with van der Waals surface area (Å²) in [6.07, 6.45) is 4.84. The molecule has 7 heteroatoms. The molecule has 1 aromatic heterocycles. The predicted octanol–water partition coefficient (Wildman–Crippen LogP) is 7.00. The molecular weight excluding hydrogens is 338 g/mol. The number of benzene rings is 2. The fraction of sp³-hybridized carbons (Fsp3) is 0.400. The Bertz CT molecular complexity index is 960. The van der Waals surface area contributed by atoms with E-state index in [0.717, 1.165) is 34.9 Å². The Morgan fingerprint density at radius 2 is 1.37 bits per heavy atom. The number of unbranched alkanes of at least 4 members (excludes halogenated alkanes) is 3. The monoisotopic (exact) mass is 361 g/mol. The van der Waals surface area contributed by atoms with Crippen molar-refractivity contribution in [3.05, 3.63) is 68.4 Å². The van der Waals surface area contributed by atoms with E-state index in [2.05, 4.69) is 55.8 Å². The van der Waals surface area contributed by atoms with Crippen LogP contribution in [-0.2, 0) is 19.6 Å². The first-order valence-corrected chi connectivity index (χ1v) is 9.34. The maximum Gasteiger partial charge on any atom is 0.0511 e. The fourth-order valence-corrected chi connectivity index (χ4v) is 3.56. The van der Waals surface area contributed by atoms with E-state index in [-0.39, 0.29) is 0 Å². The standard InChI is InChI=1S/C20H23N7/c1-2-3-4-5-10-27-19-8-6-15(13-23-25-21)11-17(19)18-12-16(14-24-26-22)7-9-20(18)27/h6-9,11-12H,2-5,10,13-14H2,1H3. The van der Waals surface area contributed by atoms with Gasteiger partial charge in [-0.1, -0.05) is 48.5 Å². The van der Waals surface area contributed by atoms with Gasteiger partial charge in [0.2, 0.25) is 0 Å². The summed E-state index contributed by atoms with van der Waals surface area (Å²) >= 11 is 0. The first-order valence-electron chi connectivity index (χ1n) is 9.34. The lowest BCUT2D eigenvalue weighted by atomic mass is 10.1. The van der Waals surface area contributed by atoms with Crippen LogP contribution in [0.2, 0.25) is 0 Å². The smallest absolute Gasteiger partial charge is 0.0511 e. The Hall–Kier alpha value is -3.14. The highest BCUT2D eigenvalue weighted by molar-refractivity contribution is 6.08. The Morgan fingerprint density at radius 1 is 0.815 bits per heavy atom. The zero-order valence-electron chi connectivity index (χ0n) is 15.5. The van der Waals surface area contributed by atoms with Gasteiger partial charge >= 0.3 is 0 Å². The highest BCUT2D eigenvalue weighted by Crippen LogP contribution is 2.31. The van der Waals surface area contributed by atoms with Crippen LogP contribution in [0.5, 0.6) is 0 Å². The second-order valence-electron chi connectivity index (χ2n) is 6.69. The highest BCUT2D eigenvalue weighted by atomic mass is 15.1. The lowest BCUT2D eigenvalue weighted by molar-refractivity contribution is 0.602. The SMILES string of the molecule is CCCCCCn1c2ccc(CN=[N+]=[N-])cc2c2cc(CN=[N+]=[N-])ccc21.